The molecular formula is C36H45BrN2O4. The highest BCUT2D eigenvalue weighted by Gasteiger charge is 2.26. The third-order valence-electron chi connectivity index (χ3n) is 8.90. The number of aryl methyl sites for hydroxylation is 2. The topological polar surface area (TPSA) is 62.5 Å². The van der Waals surface area contributed by atoms with Crippen molar-refractivity contribution in [2.75, 3.05) is 0 Å². The quantitative estimate of drug-likeness (QED) is 0.195. The van der Waals surface area contributed by atoms with Crippen LogP contribution in [0.5, 0.6) is 0 Å². The average Bonchev–Trinajstić information content (AvgIpc) is 3.77. The van der Waals surface area contributed by atoms with Gasteiger partial charge in [0.2, 0.25) is 0 Å². The number of ether oxygens (including phenoxy) is 2. The van der Waals surface area contributed by atoms with Crippen LogP contribution in [0.4, 0.5) is 0 Å². The van der Waals surface area contributed by atoms with Crippen LogP contribution in [0.25, 0.3) is 21.8 Å². The van der Waals surface area contributed by atoms with Gasteiger partial charge in [-0.15, -0.1) is 0 Å². The van der Waals surface area contributed by atoms with Crippen molar-refractivity contribution in [3.05, 3.63) is 69.5 Å². The normalized spacial score (nSPS) is 15.9. The van der Waals surface area contributed by atoms with Crippen LogP contribution < -0.4 is 0 Å². The lowest BCUT2D eigenvalue weighted by molar-refractivity contribution is 0.0367. The SMILES string of the molecule is CC(C)OC(=O)c1ccc2c(C3CCCC3)c(Br)n(C)c2c1.CC(C)OC(=O)c1ccc2c(C3CCCC3)cn(C)c2c1. The Kier molecular flexibility index (Phi) is 9.70. The molecule has 2 aromatic carbocycles. The maximum absolute atomic E-state index is 12.1. The van der Waals surface area contributed by atoms with Crippen LogP contribution in [0.15, 0.2) is 47.2 Å². The molecule has 6 rings (SSSR count). The van der Waals surface area contributed by atoms with E-state index in [1.807, 2.05) is 59.0 Å². The number of nitrogens with zero attached hydrogens (tertiary/aromatic N) is 2. The standard InChI is InChI=1S/C18H22BrNO2.C18H23NO2/c1-11(2)22-18(21)13-8-9-14-15(10-13)20(3)17(19)16(14)12-6-4-5-7-12;1-12(2)21-18(20)14-8-9-15-16(13-6-4-5-7-13)11-19(3)17(15)10-14/h8-12H,4-7H2,1-3H3;8-13H,4-7H2,1-3H3. The first kappa shape index (κ1) is 31.4. The summed E-state index contributed by atoms with van der Waals surface area (Å²) in [5, 5.41) is 2.54. The Labute approximate surface area is 263 Å². The van der Waals surface area contributed by atoms with E-state index in [9.17, 15) is 9.59 Å². The van der Waals surface area contributed by atoms with Gasteiger partial charge in [0.1, 0.15) is 0 Å². The number of hydrogen-bond donors (Lipinski definition) is 0. The van der Waals surface area contributed by atoms with Crippen molar-refractivity contribution in [1.82, 2.24) is 9.13 Å². The van der Waals surface area contributed by atoms with E-state index in [1.54, 1.807) is 0 Å². The minimum atomic E-state index is -0.253. The third-order valence-corrected chi connectivity index (χ3v) is 9.86. The number of fused-ring (bicyclic) bond motifs is 2. The first-order chi connectivity index (χ1) is 20.5. The van der Waals surface area contributed by atoms with E-state index in [4.69, 9.17) is 9.47 Å². The summed E-state index contributed by atoms with van der Waals surface area (Å²) in [5.74, 6) is 0.820. The number of carbonyl (C=O) groups is 2. The molecule has 43 heavy (non-hydrogen) atoms. The monoisotopic (exact) mass is 648 g/mol. The highest BCUT2D eigenvalue weighted by atomic mass is 79.9. The summed E-state index contributed by atoms with van der Waals surface area (Å²) < 4.78 is 16.0. The molecule has 0 bridgehead atoms. The second-order valence-corrected chi connectivity index (χ2v) is 13.5. The van der Waals surface area contributed by atoms with E-state index >= 15 is 0 Å². The fraction of sp³-hybridized carbons (Fsp3) is 0.500. The predicted octanol–water partition coefficient (Wildman–Crippen LogP) is 9.56. The second-order valence-electron chi connectivity index (χ2n) is 12.8. The van der Waals surface area contributed by atoms with Crippen LogP contribution >= 0.6 is 15.9 Å². The smallest absolute Gasteiger partial charge is 0.338 e. The molecule has 4 aromatic rings. The molecule has 0 radical (unpaired) electrons. The van der Waals surface area contributed by atoms with Crippen LogP contribution in [-0.2, 0) is 23.6 Å². The Hall–Kier alpha value is -3.06. The van der Waals surface area contributed by atoms with Crippen LogP contribution in [0, 0.1) is 0 Å². The number of halogens is 1. The highest BCUT2D eigenvalue weighted by molar-refractivity contribution is 9.10. The van der Waals surface area contributed by atoms with Gasteiger partial charge in [-0.2, -0.15) is 0 Å². The molecule has 2 heterocycles. The van der Waals surface area contributed by atoms with Crippen LogP contribution in [0.3, 0.4) is 0 Å². The number of hydrogen-bond acceptors (Lipinski definition) is 4. The lowest BCUT2D eigenvalue weighted by Gasteiger charge is -2.10. The summed E-state index contributed by atoms with van der Waals surface area (Å²) >= 11 is 3.75. The van der Waals surface area contributed by atoms with E-state index in [2.05, 4.69) is 50.4 Å². The lowest BCUT2D eigenvalue weighted by Crippen LogP contribution is -2.11. The minimum Gasteiger partial charge on any atom is -0.459 e. The molecule has 0 spiro atoms. The van der Waals surface area contributed by atoms with Crippen LogP contribution in [0.1, 0.15) is 123 Å². The van der Waals surface area contributed by atoms with Gasteiger partial charge >= 0.3 is 11.9 Å². The molecule has 2 aliphatic rings. The molecular weight excluding hydrogens is 604 g/mol. The van der Waals surface area contributed by atoms with E-state index < -0.39 is 0 Å². The van der Waals surface area contributed by atoms with Crippen LogP contribution in [0.2, 0.25) is 0 Å². The van der Waals surface area contributed by atoms with Crippen molar-refractivity contribution in [3.63, 3.8) is 0 Å². The molecule has 7 heteroatoms. The lowest BCUT2D eigenvalue weighted by atomic mass is 9.97. The zero-order valence-corrected chi connectivity index (χ0v) is 28.0. The third kappa shape index (κ3) is 6.72. The van der Waals surface area contributed by atoms with Gasteiger partial charge in [-0.25, -0.2) is 9.59 Å². The molecule has 2 fully saturated rings. The summed E-state index contributed by atoms with van der Waals surface area (Å²) in [7, 11) is 4.10. The maximum atomic E-state index is 12.1. The molecule has 0 aliphatic heterocycles. The highest BCUT2D eigenvalue weighted by Crippen LogP contribution is 2.43. The van der Waals surface area contributed by atoms with E-state index in [-0.39, 0.29) is 24.1 Å². The summed E-state index contributed by atoms with van der Waals surface area (Å²) in [4.78, 5) is 24.2. The Balaban J connectivity index is 0.000000171. The fourth-order valence-electron chi connectivity index (χ4n) is 6.83. The Bertz CT molecular complexity index is 1620. The summed E-state index contributed by atoms with van der Waals surface area (Å²) in [6.45, 7) is 7.48. The van der Waals surface area contributed by atoms with Gasteiger partial charge in [-0.05, 0) is 117 Å². The summed E-state index contributed by atoms with van der Waals surface area (Å²) in [6, 6.07) is 11.8. The summed E-state index contributed by atoms with van der Waals surface area (Å²) in [5.41, 5.74) is 6.30. The average molecular weight is 650 g/mol. The predicted molar refractivity (Wildman–Crippen MR) is 177 cm³/mol. The largest absolute Gasteiger partial charge is 0.459 e. The molecule has 2 aliphatic carbocycles. The van der Waals surface area contributed by atoms with Crippen molar-refractivity contribution in [2.45, 2.75) is 103 Å². The van der Waals surface area contributed by atoms with Gasteiger partial charge in [-0.3, -0.25) is 0 Å². The second kappa shape index (κ2) is 13.3. The zero-order chi connectivity index (χ0) is 30.8. The number of aromatic nitrogens is 2. The molecule has 6 nitrogen and oxygen atoms in total. The Morgan fingerprint density at radius 1 is 0.744 bits per heavy atom. The molecule has 2 saturated carbocycles. The number of carbonyl (C=O) groups excluding carboxylic acids is 2. The molecule has 230 valence electrons. The number of esters is 2. The van der Waals surface area contributed by atoms with E-state index in [1.165, 1.54) is 73.3 Å². The summed E-state index contributed by atoms with van der Waals surface area (Å²) in [6.07, 6.45) is 12.4. The van der Waals surface area contributed by atoms with E-state index in [0.717, 1.165) is 15.6 Å². The number of benzene rings is 2. The van der Waals surface area contributed by atoms with Gasteiger partial charge in [0.15, 0.2) is 0 Å². The number of rotatable bonds is 6. The first-order valence-electron chi connectivity index (χ1n) is 15.8. The first-order valence-corrected chi connectivity index (χ1v) is 16.6. The van der Waals surface area contributed by atoms with Gasteiger partial charge < -0.3 is 18.6 Å². The van der Waals surface area contributed by atoms with E-state index in [0.29, 0.717) is 23.0 Å². The molecule has 0 amide bonds. The molecule has 0 atom stereocenters. The minimum absolute atomic E-state index is 0.0874. The van der Waals surface area contributed by atoms with Crippen molar-refractivity contribution in [1.29, 1.82) is 0 Å². The zero-order valence-electron chi connectivity index (χ0n) is 26.4. The molecule has 0 unspecified atom stereocenters. The molecule has 0 N–H and O–H groups in total. The van der Waals surface area contributed by atoms with Gasteiger partial charge in [-0.1, -0.05) is 37.8 Å². The van der Waals surface area contributed by atoms with Gasteiger partial charge in [0.05, 0.1) is 27.9 Å². The van der Waals surface area contributed by atoms with Crippen molar-refractivity contribution in [3.8, 4) is 0 Å². The van der Waals surface area contributed by atoms with Gasteiger partial charge in [0, 0.05) is 42.1 Å². The molecule has 0 saturated heterocycles. The fourth-order valence-corrected chi connectivity index (χ4v) is 7.56. The van der Waals surface area contributed by atoms with Crippen molar-refractivity contribution >= 4 is 49.7 Å². The Morgan fingerprint density at radius 2 is 1.23 bits per heavy atom. The van der Waals surface area contributed by atoms with Crippen molar-refractivity contribution < 1.29 is 19.1 Å². The van der Waals surface area contributed by atoms with Crippen molar-refractivity contribution in [2.24, 2.45) is 14.1 Å². The van der Waals surface area contributed by atoms with Gasteiger partial charge in [0.25, 0.3) is 0 Å². The maximum Gasteiger partial charge on any atom is 0.338 e. The Morgan fingerprint density at radius 3 is 1.77 bits per heavy atom. The van der Waals surface area contributed by atoms with Crippen LogP contribution in [-0.4, -0.2) is 33.3 Å². The molecule has 2 aromatic heterocycles.